The molecule has 0 aromatic heterocycles. The Labute approximate surface area is 119 Å². The van der Waals surface area contributed by atoms with E-state index in [1.54, 1.807) is 12.1 Å². The van der Waals surface area contributed by atoms with Gasteiger partial charge in [0.05, 0.1) is 12.2 Å². The van der Waals surface area contributed by atoms with E-state index in [2.05, 4.69) is 15.9 Å². The van der Waals surface area contributed by atoms with Crippen LogP contribution in [0.25, 0.3) is 0 Å². The Morgan fingerprint density at radius 3 is 2.47 bits per heavy atom. The molecule has 2 rings (SSSR count). The maximum absolute atomic E-state index is 13.4. The zero-order chi connectivity index (χ0) is 13.7. The fraction of sp³-hybridized carbons (Fsp3) is 0.133. The van der Waals surface area contributed by atoms with Gasteiger partial charge in [0.25, 0.3) is 0 Å². The lowest BCUT2D eigenvalue weighted by atomic mass is 10.1. The number of hydrogen-bond donors (Lipinski definition) is 0. The molecule has 0 amide bonds. The smallest absolute Gasteiger partial charge is 0.191 e. The molecule has 0 bridgehead atoms. The monoisotopic (exact) mass is 322 g/mol. The quantitative estimate of drug-likeness (QED) is 0.778. The topological polar surface area (TPSA) is 26.3 Å². The summed E-state index contributed by atoms with van der Waals surface area (Å²) in [5.74, 6) is -0.866. The summed E-state index contributed by atoms with van der Waals surface area (Å²) in [5, 5.41) is 0. The number of ether oxygens (including phenoxy) is 1. The first-order valence-corrected chi connectivity index (χ1v) is 6.56. The van der Waals surface area contributed by atoms with E-state index in [0.29, 0.717) is 6.61 Å². The first kappa shape index (κ1) is 13.9. The molecule has 98 valence electrons. The lowest BCUT2D eigenvalue weighted by Crippen LogP contribution is -2.10. The van der Waals surface area contributed by atoms with E-state index in [0.717, 1.165) is 10.0 Å². The third-order valence-electron chi connectivity index (χ3n) is 2.59. The minimum Gasteiger partial charge on any atom is -0.369 e. The van der Waals surface area contributed by atoms with E-state index < -0.39 is 5.82 Å². The SMILES string of the molecule is O=C(COCc1ccc(Br)cc1)c1ccccc1F. The van der Waals surface area contributed by atoms with Crippen LogP contribution in [0.1, 0.15) is 15.9 Å². The van der Waals surface area contributed by atoms with Gasteiger partial charge in [-0.2, -0.15) is 0 Å². The third-order valence-corrected chi connectivity index (χ3v) is 3.12. The van der Waals surface area contributed by atoms with Crippen molar-refractivity contribution < 1.29 is 13.9 Å². The normalized spacial score (nSPS) is 10.4. The molecule has 4 heteroatoms. The van der Waals surface area contributed by atoms with Gasteiger partial charge in [-0.1, -0.05) is 40.2 Å². The van der Waals surface area contributed by atoms with Crippen LogP contribution in [0.4, 0.5) is 4.39 Å². The van der Waals surface area contributed by atoms with Gasteiger partial charge < -0.3 is 4.74 Å². The number of carbonyl (C=O) groups is 1. The summed E-state index contributed by atoms with van der Waals surface area (Å²) in [6.07, 6.45) is 0. The Kier molecular flexibility index (Phi) is 4.82. The van der Waals surface area contributed by atoms with Crippen molar-refractivity contribution in [3.8, 4) is 0 Å². The van der Waals surface area contributed by atoms with Crippen molar-refractivity contribution in [2.45, 2.75) is 6.61 Å². The highest BCUT2D eigenvalue weighted by atomic mass is 79.9. The number of halogens is 2. The van der Waals surface area contributed by atoms with Crippen molar-refractivity contribution in [1.29, 1.82) is 0 Å². The van der Waals surface area contributed by atoms with Gasteiger partial charge in [-0.3, -0.25) is 4.79 Å². The van der Waals surface area contributed by atoms with Crippen molar-refractivity contribution in [2.75, 3.05) is 6.61 Å². The fourth-order valence-electron chi connectivity index (χ4n) is 1.61. The first-order valence-electron chi connectivity index (χ1n) is 5.77. The molecule has 2 aromatic carbocycles. The second kappa shape index (κ2) is 6.59. The van der Waals surface area contributed by atoms with Crippen molar-refractivity contribution in [3.05, 3.63) is 69.9 Å². The molecule has 0 saturated heterocycles. The molecular formula is C15H12BrFO2. The highest BCUT2D eigenvalue weighted by molar-refractivity contribution is 9.10. The number of carbonyl (C=O) groups excluding carboxylic acids is 1. The van der Waals surface area contributed by atoms with E-state index in [9.17, 15) is 9.18 Å². The highest BCUT2D eigenvalue weighted by Crippen LogP contribution is 2.12. The largest absolute Gasteiger partial charge is 0.369 e. The van der Waals surface area contributed by atoms with E-state index in [1.165, 1.54) is 12.1 Å². The van der Waals surface area contributed by atoms with Crippen LogP contribution < -0.4 is 0 Å². The average molecular weight is 323 g/mol. The van der Waals surface area contributed by atoms with Gasteiger partial charge >= 0.3 is 0 Å². The van der Waals surface area contributed by atoms with Gasteiger partial charge in [-0.15, -0.1) is 0 Å². The summed E-state index contributed by atoms with van der Waals surface area (Å²) in [4.78, 5) is 11.7. The highest BCUT2D eigenvalue weighted by Gasteiger charge is 2.10. The molecule has 19 heavy (non-hydrogen) atoms. The van der Waals surface area contributed by atoms with Gasteiger partial charge in [0.2, 0.25) is 0 Å². The van der Waals surface area contributed by atoms with E-state index >= 15 is 0 Å². The summed E-state index contributed by atoms with van der Waals surface area (Å²) >= 11 is 3.34. The Morgan fingerprint density at radius 2 is 1.79 bits per heavy atom. The standard InChI is InChI=1S/C15H12BrFO2/c16-12-7-5-11(6-8-12)9-19-10-15(18)13-3-1-2-4-14(13)17/h1-8H,9-10H2. The van der Waals surface area contributed by atoms with Crippen LogP contribution in [-0.4, -0.2) is 12.4 Å². The summed E-state index contributed by atoms with van der Waals surface area (Å²) in [5.41, 5.74) is 1.03. The van der Waals surface area contributed by atoms with Crippen LogP contribution in [0.3, 0.4) is 0 Å². The molecule has 0 heterocycles. The molecule has 0 aliphatic rings. The summed E-state index contributed by atoms with van der Waals surface area (Å²) in [6, 6.07) is 13.5. The predicted molar refractivity (Wildman–Crippen MR) is 74.5 cm³/mol. The molecule has 0 atom stereocenters. The molecule has 0 N–H and O–H groups in total. The van der Waals surface area contributed by atoms with Crippen LogP contribution in [0.2, 0.25) is 0 Å². The summed E-state index contributed by atoms with van der Waals surface area (Å²) in [7, 11) is 0. The second-order valence-electron chi connectivity index (χ2n) is 4.02. The number of ketones is 1. The molecular weight excluding hydrogens is 311 g/mol. The molecule has 0 saturated carbocycles. The van der Waals surface area contributed by atoms with Crippen LogP contribution in [0.15, 0.2) is 53.0 Å². The minimum atomic E-state index is -0.514. The van der Waals surface area contributed by atoms with E-state index in [-0.39, 0.29) is 18.0 Å². The van der Waals surface area contributed by atoms with Crippen molar-refractivity contribution >= 4 is 21.7 Å². The van der Waals surface area contributed by atoms with Crippen molar-refractivity contribution in [1.82, 2.24) is 0 Å². The fourth-order valence-corrected chi connectivity index (χ4v) is 1.87. The second-order valence-corrected chi connectivity index (χ2v) is 4.94. The van der Waals surface area contributed by atoms with E-state index in [1.807, 2.05) is 24.3 Å². The average Bonchev–Trinajstić information content (AvgIpc) is 2.41. The first-order chi connectivity index (χ1) is 9.16. The Hall–Kier alpha value is -1.52. The zero-order valence-corrected chi connectivity index (χ0v) is 11.7. The van der Waals surface area contributed by atoms with Gasteiger partial charge in [0.15, 0.2) is 5.78 Å². The van der Waals surface area contributed by atoms with E-state index in [4.69, 9.17) is 4.74 Å². The molecule has 2 aromatic rings. The number of rotatable bonds is 5. The molecule has 0 radical (unpaired) electrons. The van der Waals surface area contributed by atoms with Crippen LogP contribution in [-0.2, 0) is 11.3 Å². The Morgan fingerprint density at radius 1 is 1.11 bits per heavy atom. The van der Waals surface area contributed by atoms with Crippen molar-refractivity contribution in [2.24, 2.45) is 0 Å². The van der Waals surface area contributed by atoms with Crippen LogP contribution >= 0.6 is 15.9 Å². The molecule has 2 nitrogen and oxygen atoms in total. The Balaban J connectivity index is 1.88. The zero-order valence-electron chi connectivity index (χ0n) is 10.1. The molecule has 0 spiro atoms. The molecule has 0 unspecified atom stereocenters. The third kappa shape index (κ3) is 3.98. The van der Waals surface area contributed by atoms with Crippen LogP contribution in [0, 0.1) is 5.82 Å². The summed E-state index contributed by atoms with van der Waals surface area (Å²) in [6.45, 7) is 0.199. The molecule has 0 fully saturated rings. The van der Waals surface area contributed by atoms with Gasteiger partial charge in [0, 0.05) is 4.47 Å². The minimum absolute atomic E-state index is 0.0679. The van der Waals surface area contributed by atoms with Gasteiger partial charge in [-0.05, 0) is 29.8 Å². The van der Waals surface area contributed by atoms with Crippen LogP contribution in [0.5, 0.6) is 0 Å². The van der Waals surface area contributed by atoms with Crippen molar-refractivity contribution in [3.63, 3.8) is 0 Å². The molecule has 0 aliphatic heterocycles. The molecule has 0 aliphatic carbocycles. The maximum atomic E-state index is 13.4. The predicted octanol–water partition coefficient (Wildman–Crippen LogP) is 3.99. The lowest BCUT2D eigenvalue weighted by Gasteiger charge is -2.05. The number of Topliss-reactive ketones (excluding diaryl/α,β-unsaturated/α-hetero) is 1. The maximum Gasteiger partial charge on any atom is 0.191 e. The number of benzene rings is 2. The Bertz CT molecular complexity index is 567. The lowest BCUT2D eigenvalue weighted by molar-refractivity contribution is 0.0722. The summed E-state index contributed by atoms with van der Waals surface area (Å²) < 4.78 is 19.6. The number of hydrogen-bond acceptors (Lipinski definition) is 2. The van der Waals surface area contributed by atoms with Gasteiger partial charge in [0.1, 0.15) is 12.4 Å². The van der Waals surface area contributed by atoms with Gasteiger partial charge in [-0.25, -0.2) is 4.39 Å².